The number of hydrogen-bond acceptors (Lipinski definition) is 5. The summed E-state index contributed by atoms with van der Waals surface area (Å²) < 4.78 is 11.6. The first-order valence-corrected chi connectivity index (χ1v) is 9.73. The Labute approximate surface area is 151 Å². The Hall–Kier alpha value is -1.66. The number of esters is 1. The zero-order chi connectivity index (χ0) is 17.6. The second kappa shape index (κ2) is 6.25. The van der Waals surface area contributed by atoms with Crippen LogP contribution in [0.4, 0.5) is 0 Å². The van der Waals surface area contributed by atoms with Gasteiger partial charge in [0.05, 0.1) is 31.7 Å². The molecule has 5 nitrogen and oxygen atoms in total. The van der Waals surface area contributed by atoms with Crippen molar-refractivity contribution >= 4 is 23.2 Å². The van der Waals surface area contributed by atoms with E-state index in [-0.39, 0.29) is 18.0 Å². The van der Waals surface area contributed by atoms with Crippen molar-refractivity contribution in [2.45, 2.75) is 38.5 Å². The van der Waals surface area contributed by atoms with E-state index < -0.39 is 17.4 Å². The number of fused-ring (bicyclic) bond motifs is 1. The van der Waals surface area contributed by atoms with Crippen LogP contribution in [0.1, 0.15) is 25.1 Å². The van der Waals surface area contributed by atoms with Crippen molar-refractivity contribution in [2.24, 2.45) is 17.8 Å². The molecule has 2 fully saturated rings. The van der Waals surface area contributed by atoms with Gasteiger partial charge in [-0.3, -0.25) is 9.59 Å². The molecule has 134 valence electrons. The standard InChI is InChI=1S/C19H23NO4S/c1-12(2)6-8-23-18(22)15-14-5-7-19(24-14)11-20(17(21)16(15)19)10-13-4-3-9-25-13/h3-5,7,9,12,14-16H,6,8,10-11H2,1-2H3/t14-,15+,16-,19+/m1/s1. The van der Waals surface area contributed by atoms with E-state index in [1.807, 2.05) is 34.6 Å². The minimum atomic E-state index is -0.652. The fraction of sp³-hybridized carbons (Fsp3) is 0.579. The summed E-state index contributed by atoms with van der Waals surface area (Å²) in [6.45, 7) is 5.67. The largest absolute Gasteiger partial charge is 0.465 e. The van der Waals surface area contributed by atoms with Gasteiger partial charge in [0.15, 0.2) is 0 Å². The lowest BCUT2D eigenvalue weighted by molar-refractivity contribution is -0.154. The van der Waals surface area contributed by atoms with Crippen LogP contribution >= 0.6 is 11.3 Å². The third-order valence-electron chi connectivity index (χ3n) is 5.32. The predicted molar refractivity (Wildman–Crippen MR) is 93.9 cm³/mol. The zero-order valence-corrected chi connectivity index (χ0v) is 15.3. The van der Waals surface area contributed by atoms with Crippen LogP contribution in [0.3, 0.4) is 0 Å². The molecule has 1 aromatic rings. The first-order chi connectivity index (χ1) is 12.0. The highest BCUT2D eigenvalue weighted by atomic mass is 32.1. The third kappa shape index (κ3) is 2.81. The smallest absolute Gasteiger partial charge is 0.312 e. The van der Waals surface area contributed by atoms with Crippen molar-refractivity contribution < 1.29 is 19.1 Å². The maximum Gasteiger partial charge on any atom is 0.312 e. The van der Waals surface area contributed by atoms with Gasteiger partial charge in [0.2, 0.25) is 5.91 Å². The number of thiophene rings is 1. The molecule has 3 aliphatic rings. The summed E-state index contributed by atoms with van der Waals surface area (Å²) in [5.74, 6) is -0.781. The van der Waals surface area contributed by atoms with E-state index in [1.165, 1.54) is 0 Å². The Bertz CT molecular complexity index is 698. The Balaban J connectivity index is 1.49. The molecule has 6 heteroatoms. The van der Waals surface area contributed by atoms with Gasteiger partial charge in [0.1, 0.15) is 11.5 Å². The summed E-state index contributed by atoms with van der Waals surface area (Å²) in [5, 5.41) is 2.01. The second-order valence-electron chi connectivity index (χ2n) is 7.52. The molecule has 1 amide bonds. The molecule has 4 rings (SSSR count). The molecule has 0 aromatic carbocycles. The Morgan fingerprint density at radius 3 is 3.08 bits per heavy atom. The minimum absolute atomic E-state index is 0.00561. The molecule has 0 N–H and O–H groups in total. The lowest BCUT2D eigenvalue weighted by Crippen LogP contribution is -2.40. The van der Waals surface area contributed by atoms with Crippen molar-refractivity contribution in [2.75, 3.05) is 13.2 Å². The fourth-order valence-electron chi connectivity index (χ4n) is 4.06. The monoisotopic (exact) mass is 361 g/mol. The van der Waals surface area contributed by atoms with E-state index in [1.54, 1.807) is 11.3 Å². The highest BCUT2D eigenvalue weighted by Gasteiger charge is 2.67. The van der Waals surface area contributed by atoms with E-state index in [4.69, 9.17) is 9.47 Å². The molecule has 4 heterocycles. The maximum atomic E-state index is 13.0. The molecule has 0 aliphatic carbocycles. The molecule has 4 atom stereocenters. The van der Waals surface area contributed by atoms with Gasteiger partial charge in [0, 0.05) is 4.88 Å². The van der Waals surface area contributed by atoms with Crippen molar-refractivity contribution in [3.05, 3.63) is 34.5 Å². The molecule has 2 saturated heterocycles. The van der Waals surface area contributed by atoms with Crippen molar-refractivity contribution in [1.82, 2.24) is 4.90 Å². The molecule has 1 aromatic heterocycles. The van der Waals surface area contributed by atoms with Crippen molar-refractivity contribution in [1.29, 1.82) is 0 Å². The van der Waals surface area contributed by atoms with Gasteiger partial charge < -0.3 is 14.4 Å². The molecule has 0 radical (unpaired) electrons. The number of nitrogens with zero attached hydrogens (tertiary/aromatic N) is 1. The summed E-state index contributed by atoms with van der Waals surface area (Å²) in [6, 6.07) is 4.01. The van der Waals surface area contributed by atoms with Crippen LogP contribution < -0.4 is 0 Å². The number of likely N-dealkylation sites (tertiary alicyclic amines) is 1. The summed E-state index contributed by atoms with van der Waals surface area (Å²) in [4.78, 5) is 28.6. The van der Waals surface area contributed by atoms with Gasteiger partial charge in [0.25, 0.3) is 0 Å². The van der Waals surface area contributed by atoms with Crippen molar-refractivity contribution in [3.8, 4) is 0 Å². The Morgan fingerprint density at radius 1 is 1.52 bits per heavy atom. The second-order valence-corrected chi connectivity index (χ2v) is 8.56. The number of rotatable bonds is 6. The van der Waals surface area contributed by atoms with Crippen LogP contribution in [0.15, 0.2) is 29.7 Å². The van der Waals surface area contributed by atoms with E-state index >= 15 is 0 Å². The predicted octanol–water partition coefficient (Wildman–Crippen LogP) is 2.62. The SMILES string of the molecule is CC(C)CCOC(=O)[C@H]1[C@H]2C=C[C@@]3(CN(Cc4cccs4)C(=O)[C@@H]13)O2. The highest BCUT2D eigenvalue weighted by Crippen LogP contribution is 2.52. The van der Waals surface area contributed by atoms with E-state index in [2.05, 4.69) is 13.8 Å². The fourth-order valence-corrected chi connectivity index (χ4v) is 4.78. The van der Waals surface area contributed by atoms with Gasteiger partial charge in [-0.2, -0.15) is 0 Å². The molecule has 3 aliphatic heterocycles. The average Bonchev–Trinajstić information content (AvgIpc) is 3.30. The zero-order valence-electron chi connectivity index (χ0n) is 14.5. The number of ether oxygens (including phenoxy) is 2. The molecule has 0 saturated carbocycles. The van der Waals surface area contributed by atoms with Crippen LogP contribution in [0, 0.1) is 17.8 Å². The van der Waals surface area contributed by atoms with Gasteiger partial charge in [-0.05, 0) is 23.8 Å². The topological polar surface area (TPSA) is 55.8 Å². The van der Waals surface area contributed by atoms with Gasteiger partial charge in [-0.1, -0.05) is 32.1 Å². The van der Waals surface area contributed by atoms with Crippen LogP contribution in [0.5, 0.6) is 0 Å². The Kier molecular flexibility index (Phi) is 4.20. The molecular weight excluding hydrogens is 338 g/mol. The van der Waals surface area contributed by atoms with E-state index in [9.17, 15) is 9.59 Å². The highest BCUT2D eigenvalue weighted by molar-refractivity contribution is 7.09. The first-order valence-electron chi connectivity index (χ1n) is 8.85. The number of amides is 1. The maximum absolute atomic E-state index is 13.0. The molecule has 25 heavy (non-hydrogen) atoms. The quantitative estimate of drug-likeness (QED) is 0.577. The van der Waals surface area contributed by atoms with E-state index in [0.717, 1.165) is 11.3 Å². The van der Waals surface area contributed by atoms with Gasteiger partial charge in [-0.15, -0.1) is 11.3 Å². The number of carbonyl (C=O) groups excluding carboxylic acids is 2. The number of carbonyl (C=O) groups is 2. The number of hydrogen-bond donors (Lipinski definition) is 0. The van der Waals surface area contributed by atoms with Crippen molar-refractivity contribution in [3.63, 3.8) is 0 Å². The molecule has 1 spiro atoms. The lowest BCUT2D eigenvalue weighted by atomic mass is 9.77. The molecule has 0 unspecified atom stereocenters. The normalized spacial score (nSPS) is 32.7. The van der Waals surface area contributed by atoms with E-state index in [0.29, 0.717) is 25.6 Å². The van der Waals surface area contributed by atoms with Crippen LogP contribution in [-0.4, -0.2) is 41.6 Å². The minimum Gasteiger partial charge on any atom is -0.465 e. The van der Waals surface area contributed by atoms with Crippen LogP contribution in [0.25, 0.3) is 0 Å². The summed E-state index contributed by atoms with van der Waals surface area (Å²) in [7, 11) is 0. The average molecular weight is 361 g/mol. The van der Waals surface area contributed by atoms with Gasteiger partial charge in [-0.25, -0.2) is 0 Å². The summed E-state index contributed by atoms with van der Waals surface area (Å²) >= 11 is 1.63. The van der Waals surface area contributed by atoms with Crippen LogP contribution in [0.2, 0.25) is 0 Å². The summed E-state index contributed by atoms with van der Waals surface area (Å²) in [6.07, 6.45) is 4.40. The Morgan fingerprint density at radius 2 is 2.36 bits per heavy atom. The van der Waals surface area contributed by atoms with Crippen LogP contribution in [-0.2, 0) is 25.6 Å². The first kappa shape index (κ1) is 16.8. The molecule has 2 bridgehead atoms. The molecular formula is C19H23NO4S. The summed E-state index contributed by atoms with van der Waals surface area (Å²) in [5.41, 5.74) is -0.652. The van der Waals surface area contributed by atoms with Gasteiger partial charge >= 0.3 is 5.97 Å². The third-order valence-corrected chi connectivity index (χ3v) is 6.18. The lowest BCUT2D eigenvalue weighted by Gasteiger charge is -2.23.